The molecule has 0 amide bonds. The van der Waals surface area contributed by atoms with E-state index in [-0.39, 0.29) is 5.92 Å². The monoisotopic (exact) mass is 340 g/mol. The summed E-state index contributed by atoms with van der Waals surface area (Å²) in [5.74, 6) is 0.633. The number of rotatable bonds is 7. The lowest BCUT2D eigenvalue weighted by atomic mass is 9.86. The minimum atomic E-state index is 0.219. The van der Waals surface area contributed by atoms with E-state index in [2.05, 4.69) is 77.2 Å². The number of hydrogen-bond acceptors (Lipinski definition) is 1. The summed E-state index contributed by atoms with van der Waals surface area (Å²) in [7, 11) is 2.35. The predicted molar refractivity (Wildman–Crippen MR) is 107 cm³/mol. The van der Waals surface area contributed by atoms with Gasteiger partial charge in [-0.2, -0.15) is 0 Å². The molecule has 1 atom stereocenters. The van der Waals surface area contributed by atoms with Gasteiger partial charge in [0, 0.05) is 17.9 Å². The normalized spacial score (nSPS) is 13.4. The molecule has 0 aromatic heterocycles. The smallest absolute Gasteiger partial charge is 0.119 e. The van der Waals surface area contributed by atoms with E-state index < -0.39 is 0 Å². The molecule has 0 aliphatic heterocycles. The first-order valence-corrected chi connectivity index (χ1v) is 9.45. The molecule has 0 radical (unpaired) electrons. The van der Waals surface area contributed by atoms with Crippen LogP contribution in [0.25, 0.3) is 0 Å². The lowest BCUT2D eigenvalue weighted by Gasteiger charge is -2.43. The Kier molecular flexibility index (Phi) is 6.29. The van der Waals surface area contributed by atoms with Crippen LogP contribution in [-0.4, -0.2) is 35.3 Å². The van der Waals surface area contributed by atoms with E-state index in [1.165, 1.54) is 5.56 Å². The highest BCUT2D eigenvalue weighted by molar-refractivity contribution is 5.43. The van der Waals surface area contributed by atoms with Crippen molar-refractivity contribution in [3.05, 3.63) is 65.2 Å². The second kappa shape index (κ2) is 8.05. The van der Waals surface area contributed by atoms with E-state index in [1.807, 2.05) is 13.0 Å². The molecule has 2 aromatic carbocycles. The van der Waals surface area contributed by atoms with E-state index >= 15 is 0 Å². The highest BCUT2D eigenvalue weighted by atomic mass is 16.3. The van der Waals surface area contributed by atoms with Crippen molar-refractivity contribution in [1.29, 1.82) is 0 Å². The lowest BCUT2D eigenvalue weighted by Crippen LogP contribution is -2.55. The Labute approximate surface area is 153 Å². The van der Waals surface area contributed by atoms with Gasteiger partial charge in [-0.15, -0.1) is 0 Å². The van der Waals surface area contributed by atoms with Gasteiger partial charge in [0.2, 0.25) is 0 Å². The first-order chi connectivity index (χ1) is 11.8. The van der Waals surface area contributed by atoms with Gasteiger partial charge in [-0.1, -0.05) is 42.5 Å². The fourth-order valence-corrected chi connectivity index (χ4v) is 3.66. The fourth-order valence-electron chi connectivity index (χ4n) is 3.66. The van der Waals surface area contributed by atoms with E-state index in [1.54, 1.807) is 0 Å². The lowest BCUT2D eigenvalue weighted by molar-refractivity contribution is -0.949. The van der Waals surface area contributed by atoms with Crippen molar-refractivity contribution in [1.82, 2.24) is 0 Å². The van der Waals surface area contributed by atoms with Crippen molar-refractivity contribution in [2.24, 2.45) is 0 Å². The Morgan fingerprint density at radius 1 is 0.920 bits per heavy atom. The quantitative estimate of drug-likeness (QED) is 0.661. The zero-order valence-corrected chi connectivity index (χ0v) is 16.7. The van der Waals surface area contributed by atoms with Crippen molar-refractivity contribution in [2.75, 3.05) is 13.6 Å². The van der Waals surface area contributed by atoms with Crippen LogP contribution in [0.15, 0.2) is 48.5 Å². The minimum Gasteiger partial charge on any atom is -0.508 e. The van der Waals surface area contributed by atoms with Crippen LogP contribution < -0.4 is 0 Å². The Morgan fingerprint density at radius 2 is 1.52 bits per heavy atom. The minimum absolute atomic E-state index is 0.219. The van der Waals surface area contributed by atoms with Gasteiger partial charge >= 0.3 is 0 Å². The van der Waals surface area contributed by atoms with Crippen molar-refractivity contribution in [3.63, 3.8) is 0 Å². The summed E-state index contributed by atoms with van der Waals surface area (Å²) in [6.07, 6.45) is 1.02. The number of nitrogens with zero attached hydrogens (tertiary/aromatic N) is 1. The number of hydrogen-bond donors (Lipinski definition) is 1. The van der Waals surface area contributed by atoms with Crippen LogP contribution in [-0.2, 0) is 0 Å². The maximum atomic E-state index is 10.6. The molecular formula is C23H34NO+. The van der Waals surface area contributed by atoms with Crippen LogP contribution in [0.1, 0.15) is 56.7 Å². The first kappa shape index (κ1) is 19.5. The molecule has 2 aromatic rings. The molecule has 0 aliphatic carbocycles. The summed E-state index contributed by atoms with van der Waals surface area (Å²) < 4.78 is 1.04. The third kappa shape index (κ3) is 4.43. The Balaban J connectivity index is 2.36. The summed E-state index contributed by atoms with van der Waals surface area (Å²) in [6.45, 7) is 12.3. The zero-order valence-electron chi connectivity index (χ0n) is 16.7. The first-order valence-electron chi connectivity index (χ1n) is 9.45. The summed E-state index contributed by atoms with van der Waals surface area (Å²) in [5.41, 5.74) is 3.41. The zero-order chi connectivity index (χ0) is 18.6. The molecule has 2 heteroatoms. The molecule has 0 spiro atoms. The van der Waals surface area contributed by atoms with Crippen LogP contribution in [0.2, 0.25) is 0 Å². The van der Waals surface area contributed by atoms with E-state index in [9.17, 15) is 5.11 Å². The summed E-state index contributed by atoms with van der Waals surface area (Å²) in [6, 6.07) is 17.8. The largest absolute Gasteiger partial charge is 0.508 e. The van der Waals surface area contributed by atoms with Crippen LogP contribution in [0, 0.1) is 6.92 Å². The highest BCUT2D eigenvalue weighted by Gasteiger charge is 2.31. The van der Waals surface area contributed by atoms with E-state index in [0.717, 1.165) is 28.6 Å². The van der Waals surface area contributed by atoms with Crippen molar-refractivity contribution < 1.29 is 9.59 Å². The summed E-state index contributed by atoms with van der Waals surface area (Å²) >= 11 is 0. The Morgan fingerprint density at radius 3 is 2.04 bits per heavy atom. The van der Waals surface area contributed by atoms with Gasteiger partial charge in [0.05, 0.1) is 25.7 Å². The molecule has 2 rings (SSSR count). The average Bonchev–Trinajstić information content (AvgIpc) is 2.57. The van der Waals surface area contributed by atoms with E-state index in [4.69, 9.17) is 0 Å². The predicted octanol–water partition coefficient (Wildman–Crippen LogP) is 5.49. The molecule has 0 heterocycles. The molecule has 0 bridgehead atoms. The van der Waals surface area contributed by atoms with Crippen LogP contribution >= 0.6 is 0 Å². The number of aromatic hydroxyl groups is 1. The molecule has 0 saturated heterocycles. The summed E-state index contributed by atoms with van der Waals surface area (Å²) in [4.78, 5) is 0. The van der Waals surface area contributed by atoms with Crippen molar-refractivity contribution >= 4 is 0 Å². The van der Waals surface area contributed by atoms with Gasteiger partial charge in [0.25, 0.3) is 0 Å². The molecule has 0 aliphatic rings. The van der Waals surface area contributed by atoms with Gasteiger partial charge in [0.1, 0.15) is 5.75 Å². The third-order valence-electron chi connectivity index (χ3n) is 6.02. The third-order valence-corrected chi connectivity index (χ3v) is 6.02. The van der Waals surface area contributed by atoms with Crippen LogP contribution in [0.3, 0.4) is 0 Å². The maximum Gasteiger partial charge on any atom is 0.119 e. The van der Waals surface area contributed by atoms with Gasteiger partial charge in [-0.25, -0.2) is 0 Å². The molecule has 25 heavy (non-hydrogen) atoms. The molecule has 2 nitrogen and oxygen atoms in total. The summed E-state index contributed by atoms with van der Waals surface area (Å²) in [5, 5.41) is 10.6. The van der Waals surface area contributed by atoms with Gasteiger partial charge < -0.3 is 9.59 Å². The molecule has 0 fully saturated rings. The van der Waals surface area contributed by atoms with Crippen LogP contribution in [0.5, 0.6) is 5.75 Å². The number of phenolic OH excluding ortho intramolecular Hbond substituents is 1. The topological polar surface area (TPSA) is 20.2 Å². The molecule has 0 saturated carbocycles. The van der Waals surface area contributed by atoms with Crippen LogP contribution in [0.4, 0.5) is 0 Å². The molecule has 1 N–H and O–H groups in total. The number of phenols is 1. The maximum absolute atomic E-state index is 10.6. The van der Waals surface area contributed by atoms with Gasteiger partial charge in [0.15, 0.2) is 0 Å². The van der Waals surface area contributed by atoms with Gasteiger partial charge in [-0.05, 0) is 51.8 Å². The SMILES string of the molecule is Cc1ccc([C@H](CC[N+](C)(C(C)C)C(C)C)c2ccccc2)c(O)c1. The number of aryl methyl sites for hydroxylation is 1. The van der Waals surface area contributed by atoms with Crippen molar-refractivity contribution in [2.45, 2.75) is 59.0 Å². The standard InChI is InChI=1S/C23H33NO/c1-17(2)24(6,18(3)4)15-14-21(20-10-8-7-9-11-20)22-13-12-19(5)16-23(22)25/h7-13,16-18,21H,14-15H2,1-6H3/p+1/t21-/m1/s1. The number of benzene rings is 2. The highest BCUT2D eigenvalue weighted by Crippen LogP contribution is 2.35. The van der Waals surface area contributed by atoms with Crippen molar-refractivity contribution in [3.8, 4) is 5.75 Å². The Hall–Kier alpha value is -1.80. The molecule has 136 valence electrons. The second-order valence-corrected chi connectivity index (χ2v) is 8.07. The molecular weight excluding hydrogens is 306 g/mol. The number of quaternary nitrogens is 1. The molecule has 0 unspecified atom stereocenters. The Bertz CT molecular complexity index is 668. The average molecular weight is 341 g/mol. The fraction of sp³-hybridized carbons (Fsp3) is 0.478. The van der Waals surface area contributed by atoms with Gasteiger partial charge in [-0.3, -0.25) is 0 Å². The van der Waals surface area contributed by atoms with E-state index in [0.29, 0.717) is 17.8 Å². The second-order valence-electron chi connectivity index (χ2n) is 8.07.